The van der Waals surface area contributed by atoms with Crippen LogP contribution in [0.2, 0.25) is 0 Å². The van der Waals surface area contributed by atoms with Crippen molar-refractivity contribution in [2.45, 2.75) is 52.4 Å². The van der Waals surface area contributed by atoms with Crippen molar-refractivity contribution in [1.29, 1.82) is 0 Å². The molecular formula is C14H22O. The fraction of sp³-hybridized carbons (Fsp3) is 0.786. The van der Waals surface area contributed by atoms with E-state index in [9.17, 15) is 4.79 Å². The Labute approximate surface area is 92.9 Å². The summed E-state index contributed by atoms with van der Waals surface area (Å²) in [5.74, 6) is 1.63. The number of rotatable bonds is 0. The summed E-state index contributed by atoms with van der Waals surface area (Å²) in [4.78, 5) is 11.7. The van der Waals surface area contributed by atoms with E-state index in [4.69, 9.17) is 0 Å². The van der Waals surface area contributed by atoms with Crippen molar-refractivity contribution in [3.63, 3.8) is 0 Å². The largest absolute Gasteiger partial charge is 0.300 e. The van der Waals surface area contributed by atoms with Gasteiger partial charge in [-0.05, 0) is 36.5 Å². The molecule has 0 N–H and O–H groups in total. The van der Waals surface area contributed by atoms with E-state index in [0.29, 0.717) is 17.6 Å². The molecule has 0 amide bonds. The highest BCUT2D eigenvalue weighted by molar-refractivity contribution is 5.79. The molecule has 1 nitrogen and oxygen atoms in total. The lowest BCUT2D eigenvalue weighted by molar-refractivity contribution is -0.121. The minimum Gasteiger partial charge on any atom is -0.300 e. The SMILES string of the molecule is C=C1[C@@H]2CCC[C@H](CC(=O)CC2)C1(C)C. The molecule has 0 aromatic rings. The molecule has 15 heavy (non-hydrogen) atoms. The maximum absolute atomic E-state index is 11.7. The van der Waals surface area contributed by atoms with Crippen molar-refractivity contribution >= 4 is 5.78 Å². The van der Waals surface area contributed by atoms with E-state index in [1.807, 2.05) is 0 Å². The first kappa shape index (κ1) is 10.9. The van der Waals surface area contributed by atoms with E-state index >= 15 is 0 Å². The number of carbonyl (C=O) groups is 1. The minimum atomic E-state index is 0.178. The van der Waals surface area contributed by atoms with Gasteiger partial charge < -0.3 is 0 Å². The van der Waals surface area contributed by atoms with Crippen LogP contribution < -0.4 is 0 Å². The highest BCUT2D eigenvalue weighted by Gasteiger charge is 2.40. The van der Waals surface area contributed by atoms with Crippen LogP contribution in [0, 0.1) is 17.3 Å². The number of hydrogen-bond donors (Lipinski definition) is 0. The van der Waals surface area contributed by atoms with Crippen molar-refractivity contribution in [2.24, 2.45) is 17.3 Å². The summed E-state index contributed by atoms with van der Waals surface area (Å²) < 4.78 is 0. The zero-order chi connectivity index (χ0) is 11.1. The third kappa shape index (κ3) is 1.89. The number of carbonyl (C=O) groups excluding carboxylic acids is 1. The predicted molar refractivity (Wildman–Crippen MR) is 62.6 cm³/mol. The Morgan fingerprint density at radius 2 is 2.00 bits per heavy atom. The Morgan fingerprint density at radius 1 is 1.27 bits per heavy atom. The highest BCUT2D eigenvalue weighted by Crippen LogP contribution is 2.49. The summed E-state index contributed by atoms with van der Waals surface area (Å²) in [5.41, 5.74) is 1.59. The second-order valence-corrected chi connectivity index (χ2v) is 5.85. The smallest absolute Gasteiger partial charge is 0.133 e. The third-order valence-corrected chi connectivity index (χ3v) is 4.69. The van der Waals surface area contributed by atoms with E-state index in [0.717, 1.165) is 19.3 Å². The summed E-state index contributed by atoms with van der Waals surface area (Å²) in [6.45, 7) is 8.90. The van der Waals surface area contributed by atoms with Crippen LogP contribution in [0.15, 0.2) is 12.2 Å². The quantitative estimate of drug-likeness (QED) is 0.552. The molecule has 0 aromatic carbocycles. The first-order valence-corrected chi connectivity index (χ1v) is 6.23. The summed E-state index contributed by atoms with van der Waals surface area (Å²) in [5, 5.41) is 0. The fourth-order valence-corrected chi connectivity index (χ4v) is 3.32. The molecule has 2 saturated carbocycles. The van der Waals surface area contributed by atoms with Crippen LogP contribution in [-0.2, 0) is 4.79 Å². The molecule has 2 aliphatic rings. The third-order valence-electron chi connectivity index (χ3n) is 4.69. The Bertz CT molecular complexity index is 288. The number of fused-ring (bicyclic) bond motifs is 3. The van der Waals surface area contributed by atoms with Gasteiger partial charge in [0.15, 0.2) is 0 Å². The molecule has 2 bridgehead atoms. The highest BCUT2D eigenvalue weighted by atomic mass is 16.1. The topological polar surface area (TPSA) is 17.1 Å². The van der Waals surface area contributed by atoms with Gasteiger partial charge >= 0.3 is 0 Å². The fourth-order valence-electron chi connectivity index (χ4n) is 3.32. The Balaban J connectivity index is 2.34. The predicted octanol–water partition coefficient (Wildman–Crippen LogP) is 3.74. The van der Waals surface area contributed by atoms with Crippen LogP contribution in [-0.4, -0.2) is 5.78 Å². The maximum atomic E-state index is 11.7. The molecule has 0 unspecified atom stereocenters. The van der Waals surface area contributed by atoms with E-state index in [1.54, 1.807) is 0 Å². The van der Waals surface area contributed by atoms with Gasteiger partial charge in [-0.15, -0.1) is 0 Å². The summed E-state index contributed by atoms with van der Waals surface area (Å²) in [6.07, 6.45) is 6.38. The molecule has 0 aliphatic heterocycles. The number of hydrogen-bond acceptors (Lipinski definition) is 1. The van der Waals surface area contributed by atoms with Crippen molar-refractivity contribution in [2.75, 3.05) is 0 Å². The van der Waals surface area contributed by atoms with Gasteiger partial charge in [0, 0.05) is 12.8 Å². The Kier molecular flexibility index (Phi) is 2.74. The first-order chi connectivity index (χ1) is 7.01. The molecule has 1 heteroatoms. The van der Waals surface area contributed by atoms with Crippen molar-refractivity contribution < 1.29 is 4.79 Å². The molecular weight excluding hydrogens is 184 g/mol. The van der Waals surface area contributed by atoms with Gasteiger partial charge in [0.1, 0.15) is 5.78 Å². The van der Waals surface area contributed by atoms with Gasteiger partial charge in [-0.1, -0.05) is 32.4 Å². The molecule has 0 radical (unpaired) electrons. The van der Waals surface area contributed by atoms with Gasteiger partial charge in [-0.3, -0.25) is 4.79 Å². The Hall–Kier alpha value is -0.590. The average Bonchev–Trinajstić information content (AvgIpc) is 2.28. The standard InChI is InChI=1S/C14H22O/c1-10-11-5-4-6-12(14(10,2)3)9-13(15)8-7-11/h11-12H,1,4-9H2,2-3H3/t11-,12-/m1/s1. The van der Waals surface area contributed by atoms with E-state index < -0.39 is 0 Å². The van der Waals surface area contributed by atoms with Gasteiger partial charge in [-0.2, -0.15) is 0 Å². The van der Waals surface area contributed by atoms with Crippen LogP contribution in [0.4, 0.5) is 0 Å². The molecule has 84 valence electrons. The molecule has 2 fully saturated rings. The van der Waals surface area contributed by atoms with E-state index in [2.05, 4.69) is 20.4 Å². The van der Waals surface area contributed by atoms with Crippen LogP contribution in [0.25, 0.3) is 0 Å². The van der Waals surface area contributed by atoms with E-state index in [-0.39, 0.29) is 5.41 Å². The van der Waals surface area contributed by atoms with Gasteiger partial charge in [0.05, 0.1) is 0 Å². The maximum Gasteiger partial charge on any atom is 0.133 e. The number of ketones is 1. The second kappa shape index (κ2) is 3.77. The lowest BCUT2D eigenvalue weighted by atomic mass is 9.66. The van der Waals surface area contributed by atoms with Gasteiger partial charge in [0.2, 0.25) is 0 Å². The van der Waals surface area contributed by atoms with E-state index in [1.165, 1.54) is 24.8 Å². The van der Waals surface area contributed by atoms with Gasteiger partial charge in [0.25, 0.3) is 0 Å². The summed E-state index contributed by atoms with van der Waals surface area (Å²) in [7, 11) is 0. The average molecular weight is 206 g/mol. The normalized spacial score (nSPS) is 35.9. The molecule has 2 aliphatic carbocycles. The molecule has 0 heterocycles. The second-order valence-electron chi connectivity index (χ2n) is 5.85. The monoisotopic (exact) mass is 206 g/mol. The number of Topliss-reactive ketones (excluding diaryl/α,β-unsaturated/α-hetero) is 1. The Morgan fingerprint density at radius 3 is 2.73 bits per heavy atom. The van der Waals surface area contributed by atoms with Crippen molar-refractivity contribution in [3.05, 3.63) is 12.2 Å². The van der Waals surface area contributed by atoms with Crippen LogP contribution >= 0.6 is 0 Å². The lowest BCUT2D eigenvalue weighted by Gasteiger charge is -2.38. The molecule has 2 atom stereocenters. The summed E-state index contributed by atoms with van der Waals surface area (Å²) >= 11 is 0. The summed E-state index contributed by atoms with van der Waals surface area (Å²) in [6, 6.07) is 0. The van der Waals surface area contributed by atoms with Crippen LogP contribution in [0.3, 0.4) is 0 Å². The molecule has 2 rings (SSSR count). The molecule has 0 spiro atoms. The zero-order valence-corrected chi connectivity index (χ0v) is 10.0. The van der Waals surface area contributed by atoms with Crippen LogP contribution in [0.5, 0.6) is 0 Å². The molecule has 0 saturated heterocycles. The minimum absolute atomic E-state index is 0.178. The van der Waals surface area contributed by atoms with Gasteiger partial charge in [-0.25, -0.2) is 0 Å². The van der Waals surface area contributed by atoms with Crippen LogP contribution in [0.1, 0.15) is 52.4 Å². The van der Waals surface area contributed by atoms with Crippen molar-refractivity contribution in [1.82, 2.24) is 0 Å². The zero-order valence-electron chi connectivity index (χ0n) is 10.0. The van der Waals surface area contributed by atoms with Crippen molar-refractivity contribution in [3.8, 4) is 0 Å². The first-order valence-electron chi connectivity index (χ1n) is 6.23. The lowest BCUT2D eigenvalue weighted by Crippen LogP contribution is -2.31. The molecule has 0 aromatic heterocycles. The number of allylic oxidation sites excluding steroid dienone is 1.